The number of nitrogens with one attached hydrogen (secondary N) is 1. The van der Waals surface area contributed by atoms with Gasteiger partial charge >= 0.3 is 0 Å². The van der Waals surface area contributed by atoms with Gasteiger partial charge in [-0.25, -0.2) is 0 Å². The van der Waals surface area contributed by atoms with Crippen molar-refractivity contribution in [2.75, 3.05) is 5.32 Å². The van der Waals surface area contributed by atoms with Crippen LogP contribution in [-0.4, -0.2) is 23.3 Å². The monoisotopic (exact) mass is 458 g/mol. The summed E-state index contributed by atoms with van der Waals surface area (Å²) < 4.78 is 19.7. The SMILES string of the molecule is Cc1cccc(C)c1Nc1cc(-c2ccc3ccn(C)c3c2)c2nccnc2c1.NS(=O)[O-]. The van der Waals surface area contributed by atoms with Crippen LogP contribution in [0.2, 0.25) is 0 Å². The predicted molar refractivity (Wildman–Crippen MR) is 134 cm³/mol. The van der Waals surface area contributed by atoms with Gasteiger partial charge in [0.05, 0.1) is 11.0 Å². The first-order valence-corrected chi connectivity index (χ1v) is 11.4. The molecule has 1 unspecified atom stereocenters. The van der Waals surface area contributed by atoms with Gasteiger partial charge in [-0.05, 0) is 60.2 Å². The lowest BCUT2D eigenvalue weighted by Crippen LogP contribution is -1.98. The molecule has 3 N–H and O–H groups in total. The van der Waals surface area contributed by atoms with E-state index in [9.17, 15) is 0 Å². The van der Waals surface area contributed by atoms with Gasteiger partial charge in [-0.15, -0.1) is 0 Å². The number of rotatable bonds is 3. The first-order valence-electron chi connectivity index (χ1n) is 10.3. The fraction of sp³-hybridized carbons (Fsp3) is 0.120. The van der Waals surface area contributed by atoms with Gasteiger partial charge in [0.1, 0.15) is 0 Å². The van der Waals surface area contributed by atoms with E-state index < -0.39 is 11.3 Å². The quantitative estimate of drug-likeness (QED) is 0.374. The maximum absolute atomic E-state index is 8.78. The lowest BCUT2D eigenvalue weighted by molar-refractivity contribution is 0.539. The van der Waals surface area contributed by atoms with E-state index in [1.807, 2.05) is 0 Å². The number of benzene rings is 3. The molecule has 0 aliphatic carbocycles. The summed E-state index contributed by atoms with van der Waals surface area (Å²) in [6.07, 6.45) is 5.59. The van der Waals surface area contributed by atoms with Crippen LogP contribution >= 0.6 is 0 Å². The number of para-hydroxylation sites is 1. The van der Waals surface area contributed by atoms with Gasteiger partial charge in [0.15, 0.2) is 0 Å². The van der Waals surface area contributed by atoms with Crippen molar-refractivity contribution in [1.82, 2.24) is 14.5 Å². The summed E-state index contributed by atoms with van der Waals surface area (Å²) in [6, 6.07) is 19.3. The van der Waals surface area contributed by atoms with Crippen LogP contribution in [0.4, 0.5) is 11.4 Å². The zero-order chi connectivity index (χ0) is 23.5. The smallest absolute Gasteiger partial charge is 0.0966 e. The largest absolute Gasteiger partial charge is 0.760 e. The molecule has 8 heteroatoms. The predicted octanol–water partition coefficient (Wildman–Crippen LogP) is 4.89. The van der Waals surface area contributed by atoms with E-state index in [4.69, 9.17) is 8.76 Å². The van der Waals surface area contributed by atoms with Gasteiger partial charge in [0.2, 0.25) is 0 Å². The Kier molecular flexibility index (Phi) is 6.50. The van der Waals surface area contributed by atoms with Gasteiger partial charge in [-0.2, -0.15) is 0 Å². The molecule has 1 atom stereocenters. The lowest BCUT2D eigenvalue weighted by atomic mass is 10.0. The standard InChI is InChI=1S/C25H22N4.H3NO2S/c1-16-5-4-6-17(2)24(16)28-20-14-21(25-22(15-20)26-10-11-27-25)19-8-7-18-9-12-29(3)23(18)13-19;1-4(2)3/h4-15,28H,1-3H3;1H2,(H,2,3)/p-1. The van der Waals surface area contributed by atoms with Gasteiger partial charge in [0.25, 0.3) is 0 Å². The molecule has 168 valence electrons. The molecule has 0 bridgehead atoms. The number of hydrogen-bond donors (Lipinski definition) is 2. The average Bonchev–Trinajstić information content (AvgIpc) is 3.15. The van der Waals surface area contributed by atoms with Crippen LogP contribution < -0.4 is 10.5 Å². The number of fused-ring (bicyclic) bond motifs is 2. The first-order chi connectivity index (χ1) is 15.8. The minimum Gasteiger partial charge on any atom is -0.760 e. The third-order valence-electron chi connectivity index (χ3n) is 5.52. The number of hydrogen-bond acceptors (Lipinski definition) is 5. The molecule has 0 spiro atoms. The van der Waals surface area contributed by atoms with Gasteiger partial charge in [0, 0.05) is 59.4 Å². The van der Waals surface area contributed by atoms with Crippen LogP contribution in [-0.2, 0) is 18.3 Å². The van der Waals surface area contributed by atoms with Crippen molar-refractivity contribution in [3.8, 4) is 11.1 Å². The Morgan fingerprint density at radius 2 is 1.70 bits per heavy atom. The second-order valence-corrected chi connectivity index (χ2v) is 8.32. The van der Waals surface area contributed by atoms with Crippen molar-refractivity contribution < 1.29 is 8.76 Å². The summed E-state index contributed by atoms with van der Waals surface area (Å²) in [5, 5.41) is 8.87. The van der Waals surface area contributed by atoms with Crippen molar-refractivity contribution in [3.05, 3.63) is 84.3 Å². The number of nitrogens with zero attached hydrogens (tertiary/aromatic N) is 3. The Labute approximate surface area is 194 Å². The molecule has 0 aliphatic heterocycles. The number of aryl methyl sites for hydroxylation is 3. The second-order valence-electron chi connectivity index (χ2n) is 7.80. The topological polar surface area (TPSA) is 109 Å². The van der Waals surface area contributed by atoms with Crippen molar-refractivity contribution in [1.29, 1.82) is 0 Å². The maximum Gasteiger partial charge on any atom is 0.0966 e. The highest BCUT2D eigenvalue weighted by molar-refractivity contribution is 7.76. The van der Waals surface area contributed by atoms with E-state index in [2.05, 4.69) is 107 Å². The van der Waals surface area contributed by atoms with Crippen LogP contribution in [0, 0.1) is 13.8 Å². The highest BCUT2D eigenvalue weighted by atomic mass is 32.2. The molecule has 5 rings (SSSR count). The molecule has 5 aromatic rings. The Balaban J connectivity index is 0.000000601. The summed E-state index contributed by atoms with van der Waals surface area (Å²) in [4.78, 5) is 9.21. The highest BCUT2D eigenvalue weighted by Crippen LogP contribution is 2.34. The molecule has 33 heavy (non-hydrogen) atoms. The lowest BCUT2D eigenvalue weighted by Gasteiger charge is -2.15. The third kappa shape index (κ3) is 4.93. The molecule has 3 aromatic carbocycles. The van der Waals surface area contributed by atoms with Crippen LogP contribution in [0.1, 0.15) is 11.1 Å². The van der Waals surface area contributed by atoms with Gasteiger partial charge in [-0.3, -0.25) is 19.3 Å². The molecule has 2 heterocycles. The zero-order valence-corrected chi connectivity index (χ0v) is 19.4. The Hall–Kier alpha value is -3.59. The van der Waals surface area contributed by atoms with Crippen molar-refractivity contribution in [2.24, 2.45) is 12.2 Å². The summed E-state index contributed by atoms with van der Waals surface area (Å²) in [5.74, 6) is 0. The molecule has 0 saturated heterocycles. The molecule has 0 radical (unpaired) electrons. The van der Waals surface area contributed by atoms with Crippen molar-refractivity contribution >= 4 is 44.6 Å². The summed E-state index contributed by atoms with van der Waals surface area (Å²) in [7, 11) is 2.07. The Morgan fingerprint density at radius 1 is 1.00 bits per heavy atom. The van der Waals surface area contributed by atoms with E-state index in [1.165, 1.54) is 22.0 Å². The van der Waals surface area contributed by atoms with Crippen molar-refractivity contribution in [2.45, 2.75) is 13.8 Å². The number of anilines is 2. The molecule has 0 fully saturated rings. The van der Waals surface area contributed by atoms with Crippen molar-refractivity contribution in [3.63, 3.8) is 0 Å². The average molecular weight is 459 g/mol. The summed E-state index contributed by atoms with van der Waals surface area (Å²) in [5.41, 5.74) is 9.79. The maximum atomic E-state index is 8.78. The van der Waals surface area contributed by atoms with Gasteiger partial charge in [-0.1, -0.05) is 30.3 Å². The molecule has 7 nitrogen and oxygen atoms in total. The van der Waals surface area contributed by atoms with Crippen LogP contribution in [0.15, 0.2) is 73.2 Å². The molecular weight excluding hydrogens is 434 g/mol. The van der Waals surface area contributed by atoms with Crippen LogP contribution in [0.25, 0.3) is 33.1 Å². The Morgan fingerprint density at radius 3 is 2.42 bits per heavy atom. The fourth-order valence-electron chi connectivity index (χ4n) is 3.95. The minimum absolute atomic E-state index is 0.880. The molecule has 0 aliphatic rings. The molecule has 2 aromatic heterocycles. The normalized spacial score (nSPS) is 11.8. The number of nitrogens with two attached hydrogens (primary N) is 1. The molecule has 0 saturated carbocycles. The highest BCUT2D eigenvalue weighted by Gasteiger charge is 2.12. The minimum atomic E-state index is -2.36. The van der Waals surface area contributed by atoms with E-state index in [0.29, 0.717) is 0 Å². The van der Waals surface area contributed by atoms with Crippen LogP contribution in [0.3, 0.4) is 0 Å². The first kappa shape index (κ1) is 22.6. The van der Waals surface area contributed by atoms with E-state index in [-0.39, 0.29) is 0 Å². The molecular formula is C25H24N5O2S-. The summed E-state index contributed by atoms with van der Waals surface area (Å²) in [6.45, 7) is 4.25. The Bertz CT molecular complexity index is 1450. The van der Waals surface area contributed by atoms with E-state index >= 15 is 0 Å². The van der Waals surface area contributed by atoms with E-state index in [0.717, 1.165) is 33.5 Å². The second kappa shape index (κ2) is 9.50. The van der Waals surface area contributed by atoms with Gasteiger partial charge < -0.3 is 14.4 Å². The van der Waals surface area contributed by atoms with E-state index in [1.54, 1.807) is 12.4 Å². The summed E-state index contributed by atoms with van der Waals surface area (Å²) >= 11 is -2.36. The molecule has 0 amide bonds. The fourth-order valence-corrected chi connectivity index (χ4v) is 3.95. The van der Waals surface area contributed by atoms with Crippen LogP contribution in [0.5, 0.6) is 0 Å². The third-order valence-corrected chi connectivity index (χ3v) is 5.52. The zero-order valence-electron chi connectivity index (χ0n) is 18.6. The number of aromatic nitrogens is 3.